The molecular weight excluding hydrogens is 258 g/mol. The third kappa shape index (κ3) is 3.52. The number of nitrogens with one attached hydrogen (secondary N) is 1. The molecule has 0 aliphatic carbocycles. The van der Waals surface area contributed by atoms with Gasteiger partial charge in [-0.05, 0) is 36.5 Å². The maximum atomic E-state index is 12.5. The minimum absolute atomic E-state index is 0.0393. The summed E-state index contributed by atoms with van der Waals surface area (Å²) in [5, 5.41) is 3.12. The first-order chi connectivity index (χ1) is 10.0. The van der Waals surface area contributed by atoms with E-state index >= 15 is 0 Å². The number of carbonyl (C=O) groups excluding carboxylic acids is 1. The van der Waals surface area contributed by atoms with Crippen molar-refractivity contribution in [3.05, 3.63) is 65.2 Å². The second-order valence-electron chi connectivity index (χ2n) is 5.82. The molecule has 2 aromatic rings. The molecule has 110 valence electrons. The van der Waals surface area contributed by atoms with Crippen molar-refractivity contribution in [2.45, 2.75) is 39.5 Å². The normalized spacial score (nSPS) is 12.2. The third-order valence-electron chi connectivity index (χ3n) is 3.87. The van der Waals surface area contributed by atoms with Gasteiger partial charge >= 0.3 is 0 Å². The van der Waals surface area contributed by atoms with Crippen molar-refractivity contribution < 1.29 is 4.79 Å². The third-order valence-corrected chi connectivity index (χ3v) is 3.87. The Kier molecular flexibility index (Phi) is 4.79. The number of aryl methyl sites for hydroxylation is 1. The van der Waals surface area contributed by atoms with Gasteiger partial charge in [0.05, 0.1) is 5.92 Å². The van der Waals surface area contributed by atoms with Crippen molar-refractivity contribution >= 4 is 11.6 Å². The number of para-hydroxylation sites is 1. The van der Waals surface area contributed by atoms with Gasteiger partial charge in [-0.2, -0.15) is 0 Å². The van der Waals surface area contributed by atoms with E-state index in [1.54, 1.807) is 0 Å². The summed E-state index contributed by atoms with van der Waals surface area (Å²) in [4.78, 5) is 12.5. The van der Waals surface area contributed by atoms with Gasteiger partial charge in [0, 0.05) is 5.69 Å². The second-order valence-corrected chi connectivity index (χ2v) is 5.82. The molecule has 1 amide bonds. The van der Waals surface area contributed by atoms with Gasteiger partial charge < -0.3 is 5.32 Å². The molecule has 1 unspecified atom stereocenters. The zero-order chi connectivity index (χ0) is 15.4. The smallest absolute Gasteiger partial charge is 0.231 e. The minimum Gasteiger partial charge on any atom is -0.325 e. The van der Waals surface area contributed by atoms with Crippen LogP contribution in [0, 0.1) is 6.92 Å². The lowest BCUT2D eigenvalue weighted by atomic mass is 9.96. The fourth-order valence-electron chi connectivity index (χ4n) is 2.47. The van der Waals surface area contributed by atoms with Crippen LogP contribution in [0.15, 0.2) is 48.5 Å². The molecular formula is C19H23NO. The van der Waals surface area contributed by atoms with Crippen LogP contribution in [0.1, 0.15) is 49.3 Å². The predicted octanol–water partition coefficient (Wildman–Crippen LogP) is 4.86. The highest BCUT2D eigenvalue weighted by Crippen LogP contribution is 2.28. The molecule has 1 atom stereocenters. The van der Waals surface area contributed by atoms with E-state index in [0.717, 1.165) is 16.8 Å². The fraction of sp³-hybridized carbons (Fsp3) is 0.316. The molecule has 21 heavy (non-hydrogen) atoms. The van der Waals surface area contributed by atoms with Gasteiger partial charge in [0.25, 0.3) is 0 Å². The standard InChI is InChI=1S/C19H23NO/c1-13(2)17-12-8-9-14(3)18(17)20-19(21)15(4)16-10-6-5-7-11-16/h5-13,15H,1-4H3,(H,20,21). The first kappa shape index (κ1) is 15.3. The summed E-state index contributed by atoms with van der Waals surface area (Å²) in [6, 6.07) is 16.0. The lowest BCUT2D eigenvalue weighted by Crippen LogP contribution is -2.20. The van der Waals surface area contributed by atoms with Gasteiger partial charge in [0.1, 0.15) is 0 Å². The van der Waals surface area contributed by atoms with Crippen LogP contribution in [0.5, 0.6) is 0 Å². The molecule has 2 aromatic carbocycles. The number of amides is 1. The van der Waals surface area contributed by atoms with Gasteiger partial charge in [0.2, 0.25) is 5.91 Å². The Bertz CT molecular complexity index is 617. The molecule has 2 nitrogen and oxygen atoms in total. The molecule has 0 bridgehead atoms. The van der Waals surface area contributed by atoms with Crippen molar-refractivity contribution in [3.8, 4) is 0 Å². The quantitative estimate of drug-likeness (QED) is 0.852. The van der Waals surface area contributed by atoms with E-state index in [-0.39, 0.29) is 11.8 Å². The van der Waals surface area contributed by atoms with Crippen molar-refractivity contribution in [2.24, 2.45) is 0 Å². The predicted molar refractivity (Wildman–Crippen MR) is 88.8 cm³/mol. The molecule has 0 aliphatic rings. The van der Waals surface area contributed by atoms with E-state index in [1.807, 2.05) is 56.3 Å². The topological polar surface area (TPSA) is 29.1 Å². The maximum absolute atomic E-state index is 12.5. The first-order valence-electron chi connectivity index (χ1n) is 7.46. The number of hydrogen-bond acceptors (Lipinski definition) is 1. The van der Waals surface area contributed by atoms with Crippen LogP contribution in [0.3, 0.4) is 0 Å². The largest absolute Gasteiger partial charge is 0.325 e. The molecule has 0 fully saturated rings. The SMILES string of the molecule is Cc1cccc(C(C)C)c1NC(=O)C(C)c1ccccc1. The highest BCUT2D eigenvalue weighted by molar-refractivity contribution is 5.96. The van der Waals surface area contributed by atoms with Crippen LogP contribution in [0.2, 0.25) is 0 Å². The number of hydrogen-bond donors (Lipinski definition) is 1. The highest BCUT2D eigenvalue weighted by atomic mass is 16.1. The van der Waals surface area contributed by atoms with Gasteiger partial charge in [-0.3, -0.25) is 4.79 Å². The van der Waals surface area contributed by atoms with Gasteiger partial charge in [-0.15, -0.1) is 0 Å². The van der Waals surface area contributed by atoms with E-state index in [2.05, 4.69) is 25.2 Å². The molecule has 1 N–H and O–H groups in total. The Hall–Kier alpha value is -2.09. The molecule has 0 heterocycles. The Balaban J connectivity index is 2.24. The lowest BCUT2D eigenvalue weighted by molar-refractivity contribution is -0.117. The molecule has 0 saturated carbocycles. The van der Waals surface area contributed by atoms with Crippen molar-refractivity contribution in [3.63, 3.8) is 0 Å². The average molecular weight is 281 g/mol. The summed E-state index contributed by atoms with van der Waals surface area (Å²) in [7, 11) is 0. The Morgan fingerprint density at radius 2 is 1.62 bits per heavy atom. The van der Waals surface area contributed by atoms with Gasteiger partial charge in [-0.25, -0.2) is 0 Å². The molecule has 0 aliphatic heterocycles. The molecule has 0 aromatic heterocycles. The van der Waals surface area contributed by atoms with Gasteiger partial charge in [-0.1, -0.05) is 62.4 Å². The highest BCUT2D eigenvalue weighted by Gasteiger charge is 2.18. The Morgan fingerprint density at radius 3 is 2.24 bits per heavy atom. The summed E-state index contributed by atoms with van der Waals surface area (Å²) in [6.07, 6.45) is 0. The minimum atomic E-state index is -0.161. The monoisotopic (exact) mass is 281 g/mol. The van der Waals surface area contributed by atoms with E-state index in [4.69, 9.17) is 0 Å². The Labute approximate surface area is 127 Å². The first-order valence-corrected chi connectivity index (χ1v) is 7.46. The van der Waals surface area contributed by atoms with Gasteiger partial charge in [0.15, 0.2) is 0 Å². The number of benzene rings is 2. The Morgan fingerprint density at radius 1 is 0.952 bits per heavy atom. The van der Waals surface area contributed by atoms with E-state index in [1.165, 1.54) is 5.56 Å². The van der Waals surface area contributed by atoms with Crippen LogP contribution in [-0.4, -0.2) is 5.91 Å². The van der Waals surface area contributed by atoms with E-state index in [9.17, 15) is 4.79 Å². The van der Waals surface area contributed by atoms with Crippen LogP contribution >= 0.6 is 0 Å². The average Bonchev–Trinajstić information content (AvgIpc) is 2.49. The van der Waals surface area contributed by atoms with Crippen LogP contribution < -0.4 is 5.32 Å². The van der Waals surface area contributed by atoms with E-state index < -0.39 is 0 Å². The summed E-state index contributed by atoms with van der Waals surface area (Å²) in [5.41, 5.74) is 4.29. The van der Waals surface area contributed by atoms with Crippen LogP contribution in [-0.2, 0) is 4.79 Å². The van der Waals surface area contributed by atoms with E-state index in [0.29, 0.717) is 5.92 Å². The number of carbonyl (C=O) groups is 1. The van der Waals surface area contributed by atoms with Crippen LogP contribution in [0.25, 0.3) is 0 Å². The molecule has 2 rings (SSSR count). The zero-order valence-electron chi connectivity index (χ0n) is 13.2. The zero-order valence-corrected chi connectivity index (χ0v) is 13.2. The molecule has 2 heteroatoms. The van der Waals surface area contributed by atoms with Crippen molar-refractivity contribution in [1.29, 1.82) is 0 Å². The fourth-order valence-corrected chi connectivity index (χ4v) is 2.47. The summed E-state index contributed by atoms with van der Waals surface area (Å²) in [6.45, 7) is 8.27. The lowest BCUT2D eigenvalue weighted by Gasteiger charge is -2.19. The summed E-state index contributed by atoms with van der Waals surface area (Å²) < 4.78 is 0. The molecule has 0 saturated heterocycles. The molecule has 0 spiro atoms. The summed E-state index contributed by atoms with van der Waals surface area (Å²) in [5.74, 6) is 0.260. The number of anilines is 1. The maximum Gasteiger partial charge on any atom is 0.231 e. The number of rotatable bonds is 4. The molecule has 0 radical (unpaired) electrons. The van der Waals surface area contributed by atoms with Crippen molar-refractivity contribution in [1.82, 2.24) is 0 Å². The van der Waals surface area contributed by atoms with Crippen LogP contribution in [0.4, 0.5) is 5.69 Å². The summed E-state index contributed by atoms with van der Waals surface area (Å²) >= 11 is 0. The second kappa shape index (κ2) is 6.57. The van der Waals surface area contributed by atoms with Crippen molar-refractivity contribution in [2.75, 3.05) is 5.32 Å².